The summed E-state index contributed by atoms with van der Waals surface area (Å²) in [6, 6.07) is 18.7. The Bertz CT molecular complexity index is 539. The van der Waals surface area contributed by atoms with Crippen molar-refractivity contribution in [2.45, 2.75) is 19.4 Å². The zero-order chi connectivity index (χ0) is 15.8. The number of benzene rings is 2. The van der Waals surface area contributed by atoms with Crippen LogP contribution in [0.4, 0.5) is 0 Å². The van der Waals surface area contributed by atoms with E-state index in [1.165, 1.54) is 11.1 Å². The van der Waals surface area contributed by atoms with Gasteiger partial charge in [-0.25, -0.2) is 0 Å². The minimum atomic E-state index is 0.147. The third-order valence-electron chi connectivity index (χ3n) is 3.87. The van der Waals surface area contributed by atoms with Crippen molar-refractivity contribution in [2.75, 3.05) is 20.3 Å². The molecule has 0 radical (unpaired) electrons. The molecule has 22 heavy (non-hydrogen) atoms. The first-order valence-electron chi connectivity index (χ1n) is 7.77. The second-order valence-electron chi connectivity index (χ2n) is 5.64. The maximum Gasteiger partial charge on any atom is 0.118 e. The van der Waals surface area contributed by atoms with Gasteiger partial charge < -0.3 is 15.2 Å². The largest absolute Gasteiger partial charge is 0.497 e. The first-order valence-corrected chi connectivity index (χ1v) is 7.77. The third-order valence-corrected chi connectivity index (χ3v) is 3.87. The molecular formula is C19H25NO2. The number of hydrogen-bond donors (Lipinski definition) is 2. The summed E-state index contributed by atoms with van der Waals surface area (Å²) in [5, 5.41) is 12.7. The van der Waals surface area contributed by atoms with Crippen LogP contribution in [-0.4, -0.2) is 25.4 Å². The van der Waals surface area contributed by atoms with E-state index in [0.29, 0.717) is 5.92 Å². The SMILES string of the molecule is COc1ccc(C(NCC(C)CCO)c2ccccc2)cc1. The van der Waals surface area contributed by atoms with Crippen LogP contribution < -0.4 is 10.1 Å². The van der Waals surface area contributed by atoms with E-state index in [4.69, 9.17) is 9.84 Å². The molecule has 0 heterocycles. The Morgan fingerprint density at radius 3 is 2.23 bits per heavy atom. The van der Waals surface area contributed by atoms with Gasteiger partial charge in [0.25, 0.3) is 0 Å². The van der Waals surface area contributed by atoms with Crippen molar-refractivity contribution in [2.24, 2.45) is 5.92 Å². The van der Waals surface area contributed by atoms with Gasteiger partial charge in [0.05, 0.1) is 13.2 Å². The molecule has 0 saturated heterocycles. The van der Waals surface area contributed by atoms with Crippen LogP contribution >= 0.6 is 0 Å². The summed E-state index contributed by atoms with van der Waals surface area (Å²) >= 11 is 0. The second kappa shape index (κ2) is 8.57. The maximum atomic E-state index is 9.05. The second-order valence-corrected chi connectivity index (χ2v) is 5.64. The van der Waals surface area contributed by atoms with Crippen molar-refractivity contribution in [3.63, 3.8) is 0 Å². The van der Waals surface area contributed by atoms with Gasteiger partial charge in [0.2, 0.25) is 0 Å². The molecule has 0 aliphatic rings. The van der Waals surface area contributed by atoms with Crippen LogP contribution in [-0.2, 0) is 0 Å². The van der Waals surface area contributed by atoms with E-state index in [1.54, 1.807) is 7.11 Å². The summed E-state index contributed by atoms with van der Waals surface area (Å²) < 4.78 is 5.24. The van der Waals surface area contributed by atoms with Gasteiger partial charge in [-0.2, -0.15) is 0 Å². The van der Waals surface area contributed by atoms with Crippen molar-refractivity contribution in [1.82, 2.24) is 5.32 Å². The number of aliphatic hydroxyl groups is 1. The zero-order valence-electron chi connectivity index (χ0n) is 13.3. The first kappa shape index (κ1) is 16.5. The summed E-state index contributed by atoms with van der Waals surface area (Å²) in [5.41, 5.74) is 2.45. The minimum Gasteiger partial charge on any atom is -0.497 e. The fraction of sp³-hybridized carbons (Fsp3) is 0.368. The van der Waals surface area contributed by atoms with Crippen molar-refractivity contribution < 1.29 is 9.84 Å². The fourth-order valence-corrected chi connectivity index (χ4v) is 2.51. The van der Waals surface area contributed by atoms with Crippen molar-refractivity contribution in [3.05, 3.63) is 65.7 Å². The molecule has 0 spiro atoms. The van der Waals surface area contributed by atoms with Crippen molar-refractivity contribution in [1.29, 1.82) is 0 Å². The molecule has 118 valence electrons. The fourth-order valence-electron chi connectivity index (χ4n) is 2.51. The highest BCUT2D eigenvalue weighted by molar-refractivity contribution is 5.35. The lowest BCUT2D eigenvalue weighted by Gasteiger charge is -2.22. The Morgan fingerprint density at radius 1 is 1.00 bits per heavy atom. The van der Waals surface area contributed by atoms with Crippen molar-refractivity contribution >= 4 is 0 Å². The quantitative estimate of drug-likeness (QED) is 0.785. The summed E-state index contributed by atoms with van der Waals surface area (Å²) in [5.74, 6) is 1.30. The van der Waals surface area contributed by atoms with Crippen molar-refractivity contribution in [3.8, 4) is 5.75 Å². The number of ether oxygens (including phenoxy) is 1. The van der Waals surface area contributed by atoms with E-state index in [1.807, 2.05) is 18.2 Å². The van der Waals surface area contributed by atoms with Crippen LogP contribution in [0.2, 0.25) is 0 Å². The minimum absolute atomic E-state index is 0.147. The van der Waals surface area contributed by atoms with Crippen LogP contribution in [0.5, 0.6) is 5.75 Å². The van der Waals surface area contributed by atoms with E-state index in [2.05, 4.69) is 48.6 Å². The van der Waals surface area contributed by atoms with Gasteiger partial charge in [0.1, 0.15) is 5.75 Å². The molecule has 2 aromatic carbocycles. The van der Waals surface area contributed by atoms with Crippen LogP contribution in [0.25, 0.3) is 0 Å². The molecule has 2 aromatic rings. The van der Waals surface area contributed by atoms with E-state index < -0.39 is 0 Å². The molecule has 2 atom stereocenters. The van der Waals surface area contributed by atoms with E-state index in [-0.39, 0.29) is 12.6 Å². The average molecular weight is 299 g/mol. The van der Waals surface area contributed by atoms with Gasteiger partial charge in [-0.05, 0) is 42.1 Å². The number of nitrogens with one attached hydrogen (secondary N) is 1. The Morgan fingerprint density at radius 2 is 1.64 bits per heavy atom. The number of rotatable bonds is 8. The maximum absolute atomic E-state index is 9.05. The molecule has 3 nitrogen and oxygen atoms in total. The number of aliphatic hydroxyl groups excluding tert-OH is 1. The predicted octanol–water partition coefficient (Wildman–Crippen LogP) is 3.39. The topological polar surface area (TPSA) is 41.5 Å². The normalized spacial score (nSPS) is 13.6. The molecule has 2 N–H and O–H groups in total. The first-order chi connectivity index (χ1) is 10.7. The summed E-state index contributed by atoms with van der Waals surface area (Å²) in [6.07, 6.45) is 0.817. The molecule has 0 aromatic heterocycles. The molecule has 0 aliphatic carbocycles. The third kappa shape index (κ3) is 4.58. The zero-order valence-corrected chi connectivity index (χ0v) is 13.3. The van der Waals surface area contributed by atoms with Gasteiger partial charge in [-0.15, -0.1) is 0 Å². The summed E-state index contributed by atoms with van der Waals surface area (Å²) in [6.45, 7) is 3.26. The lowest BCUT2D eigenvalue weighted by molar-refractivity contribution is 0.259. The van der Waals surface area contributed by atoms with E-state index in [9.17, 15) is 0 Å². The Kier molecular flexibility index (Phi) is 6.44. The van der Waals surface area contributed by atoms with Gasteiger partial charge in [0, 0.05) is 6.61 Å². The number of hydrogen-bond acceptors (Lipinski definition) is 3. The lowest BCUT2D eigenvalue weighted by Crippen LogP contribution is -2.27. The van der Waals surface area contributed by atoms with E-state index in [0.717, 1.165) is 18.7 Å². The smallest absolute Gasteiger partial charge is 0.118 e. The van der Waals surface area contributed by atoms with Gasteiger partial charge in [-0.1, -0.05) is 49.4 Å². The summed E-state index contributed by atoms with van der Waals surface area (Å²) in [4.78, 5) is 0. The van der Waals surface area contributed by atoms with Crippen LogP contribution in [0.3, 0.4) is 0 Å². The molecule has 0 saturated carbocycles. The lowest BCUT2D eigenvalue weighted by atomic mass is 9.97. The highest BCUT2D eigenvalue weighted by Gasteiger charge is 2.14. The molecule has 3 heteroatoms. The highest BCUT2D eigenvalue weighted by atomic mass is 16.5. The molecule has 2 unspecified atom stereocenters. The average Bonchev–Trinajstić information content (AvgIpc) is 2.57. The van der Waals surface area contributed by atoms with Crippen LogP contribution in [0.1, 0.15) is 30.5 Å². The Hall–Kier alpha value is -1.84. The van der Waals surface area contributed by atoms with Gasteiger partial charge in [0.15, 0.2) is 0 Å². The highest BCUT2D eigenvalue weighted by Crippen LogP contribution is 2.24. The molecule has 0 bridgehead atoms. The van der Waals surface area contributed by atoms with E-state index >= 15 is 0 Å². The molecule has 2 rings (SSSR count). The summed E-state index contributed by atoms with van der Waals surface area (Å²) in [7, 11) is 1.68. The molecule has 0 fully saturated rings. The standard InChI is InChI=1S/C19H25NO2/c1-15(12-13-21)14-20-19(16-6-4-3-5-7-16)17-8-10-18(22-2)11-9-17/h3-11,15,19-21H,12-14H2,1-2H3. The molecular weight excluding hydrogens is 274 g/mol. The Balaban J connectivity index is 2.17. The molecule has 0 aliphatic heterocycles. The Labute approximate surface area is 133 Å². The predicted molar refractivity (Wildman–Crippen MR) is 90.1 cm³/mol. The van der Waals surface area contributed by atoms with Gasteiger partial charge >= 0.3 is 0 Å². The number of methoxy groups -OCH3 is 1. The monoisotopic (exact) mass is 299 g/mol. The van der Waals surface area contributed by atoms with Crippen LogP contribution in [0.15, 0.2) is 54.6 Å². The van der Waals surface area contributed by atoms with Gasteiger partial charge in [-0.3, -0.25) is 0 Å². The van der Waals surface area contributed by atoms with Crippen LogP contribution in [0, 0.1) is 5.92 Å². The molecule has 0 amide bonds.